The number of nitrogens with zero attached hydrogens (tertiary/aromatic N) is 1. The summed E-state index contributed by atoms with van der Waals surface area (Å²) in [6, 6.07) is 15.1. The van der Waals surface area contributed by atoms with Crippen LogP contribution in [0.25, 0.3) is 11.1 Å². The third kappa shape index (κ3) is 5.35. The molecule has 0 aromatic heterocycles. The first-order chi connectivity index (χ1) is 11.5. The third-order valence-electron chi connectivity index (χ3n) is 4.21. The molecule has 2 aromatic carbocycles. The number of halogens is 1. The van der Waals surface area contributed by atoms with Gasteiger partial charge in [-0.25, -0.2) is 0 Å². The lowest BCUT2D eigenvalue weighted by Gasteiger charge is -2.29. The van der Waals surface area contributed by atoms with E-state index >= 15 is 0 Å². The van der Waals surface area contributed by atoms with Gasteiger partial charge in [-0.1, -0.05) is 49.4 Å². The van der Waals surface area contributed by atoms with Crippen molar-refractivity contribution in [3.8, 4) is 16.9 Å². The Hall–Kier alpha value is -1.77. The molecule has 0 atom stereocenters. The van der Waals surface area contributed by atoms with Crippen LogP contribution in [0.4, 0.5) is 0 Å². The summed E-state index contributed by atoms with van der Waals surface area (Å²) in [6.45, 7) is 9.33. The summed E-state index contributed by atoms with van der Waals surface area (Å²) in [5.74, 6) is 1.05. The van der Waals surface area contributed by atoms with Gasteiger partial charge in [0.15, 0.2) is 0 Å². The quantitative estimate of drug-likeness (QED) is 0.386. The smallest absolute Gasteiger partial charge is 0.223 e. The fourth-order valence-electron chi connectivity index (χ4n) is 3.18. The fourth-order valence-corrected chi connectivity index (χ4v) is 3.18. The Bertz CT molecular complexity index is 694. The lowest BCUT2D eigenvalue weighted by molar-refractivity contribution is -0.905. The number of hydrogen-bond donors (Lipinski definition) is 0. The zero-order chi connectivity index (χ0) is 17.6. The molecule has 25 heavy (non-hydrogen) atoms. The van der Waals surface area contributed by atoms with E-state index in [1.807, 2.05) is 6.92 Å². The molecule has 0 amide bonds. The molecule has 2 aromatic rings. The molecule has 0 spiro atoms. The molecule has 0 fully saturated rings. The first-order valence-electron chi connectivity index (χ1n) is 8.74. The van der Waals surface area contributed by atoms with Crippen molar-refractivity contribution in [3.63, 3.8) is 0 Å². The number of ether oxygens (including phenoxy) is 1. The zero-order valence-corrected chi connectivity index (χ0v) is 16.6. The molecule has 0 saturated heterocycles. The van der Waals surface area contributed by atoms with Gasteiger partial charge in [0, 0.05) is 12.0 Å². The van der Waals surface area contributed by atoms with E-state index in [1.165, 1.54) is 28.7 Å². The maximum atomic E-state index is 6.17. The molecule has 1 aliphatic carbocycles. The van der Waals surface area contributed by atoms with Crippen molar-refractivity contribution in [2.45, 2.75) is 26.7 Å². The Morgan fingerprint density at radius 1 is 1.08 bits per heavy atom. The lowest BCUT2D eigenvalue weighted by atomic mass is 10.1. The van der Waals surface area contributed by atoms with Crippen LogP contribution in [0.15, 0.2) is 55.1 Å². The van der Waals surface area contributed by atoms with Crippen LogP contribution in [0.5, 0.6) is 5.75 Å². The van der Waals surface area contributed by atoms with Crippen LogP contribution in [-0.4, -0.2) is 31.9 Å². The van der Waals surface area contributed by atoms with Crippen LogP contribution in [0.2, 0.25) is 0 Å². The molecule has 136 valence electrons. The normalized spacial score (nSPS) is 11.4. The van der Waals surface area contributed by atoms with Gasteiger partial charge < -0.3 is 17.1 Å². The van der Waals surface area contributed by atoms with Crippen LogP contribution in [0.1, 0.15) is 31.4 Å². The van der Waals surface area contributed by atoms with Crippen molar-refractivity contribution in [2.24, 2.45) is 0 Å². The van der Waals surface area contributed by atoms with Gasteiger partial charge in [0.1, 0.15) is 5.75 Å². The summed E-state index contributed by atoms with van der Waals surface area (Å²) >= 11 is 0. The minimum absolute atomic E-state index is 0. The molecule has 1 aliphatic rings. The maximum absolute atomic E-state index is 6.17. The Labute approximate surface area is 159 Å². The highest BCUT2D eigenvalue weighted by atomic mass is 35.5. The largest absolute Gasteiger partial charge is 1.00 e. The molecule has 2 nitrogen and oxygen atoms in total. The predicted octanol–water partition coefficient (Wildman–Crippen LogP) is 2.28. The SMILES string of the molecule is C=CC.CCC[N+](C)(C)COc1cccc2c1Cc1ccccc1-2.[Cl-]. The van der Waals surface area contributed by atoms with Crippen LogP contribution >= 0.6 is 0 Å². The second kappa shape index (κ2) is 9.65. The van der Waals surface area contributed by atoms with Gasteiger partial charge in [-0.2, -0.15) is 0 Å². The summed E-state index contributed by atoms with van der Waals surface area (Å²) in [4.78, 5) is 0. The average Bonchev–Trinajstić information content (AvgIpc) is 2.93. The Morgan fingerprint density at radius 2 is 1.72 bits per heavy atom. The summed E-state index contributed by atoms with van der Waals surface area (Å²) in [5, 5.41) is 0. The van der Waals surface area contributed by atoms with Crippen molar-refractivity contribution < 1.29 is 21.6 Å². The lowest BCUT2D eigenvalue weighted by Crippen LogP contribution is -3.00. The second-order valence-corrected chi connectivity index (χ2v) is 6.96. The number of benzene rings is 2. The van der Waals surface area contributed by atoms with E-state index in [4.69, 9.17) is 4.74 Å². The predicted molar refractivity (Wildman–Crippen MR) is 103 cm³/mol. The van der Waals surface area contributed by atoms with Gasteiger partial charge in [0.25, 0.3) is 0 Å². The van der Waals surface area contributed by atoms with Gasteiger partial charge in [-0.05, 0) is 36.1 Å². The van der Waals surface area contributed by atoms with E-state index in [-0.39, 0.29) is 12.4 Å². The standard InChI is InChI=1S/C19H24NO.C3H6.ClH/c1-4-12-20(2,3)14-21-19-11-7-10-17-16-9-6-5-8-15(16)13-18(17)19;1-3-2;/h5-11H,4,12-14H2,1-3H3;3H,1H2,2H3;1H/q+1;;/p-1. The van der Waals surface area contributed by atoms with E-state index in [0.717, 1.165) is 29.9 Å². The minimum atomic E-state index is 0. The van der Waals surface area contributed by atoms with Gasteiger partial charge in [-0.3, -0.25) is 4.48 Å². The van der Waals surface area contributed by atoms with Crippen molar-refractivity contribution in [3.05, 3.63) is 66.2 Å². The van der Waals surface area contributed by atoms with E-state index in [0.29, 0.717) is 0 Å². The van der Waals surface area contributed by atoms with Crippen LogP contribution in [0, 0.1) is 0 Å². The molecular weight excluding hydrogens is 330 g/mol. The highest BCUT2D eigenvalue weighted by Crippen LogP contribution is 2.40. The second-order valence-electron chi connectivity index (χ2n) is 6.96. The average molecular weight is 360 g/mol. The fraction of sp³-hybridized carbons (Fsp3) is 0.364. The number of rotatable bonds is 5. The summed E-state index contributed by atoms with van der Waals surface area (Å²) < 4.78 is 7.07. The summed E-state index contributed by atoms with van der Waals surface area (Å²) in [5.41, 5.74) is 5.45. The molecule has 0 unspecified atom stereocenters. The zero-order valence-electron chi connectivity index (χ0n) is 15.9. The van der Waals surface area contributed by atoms with Crippen molar-refractivity contribution in [1.82, 2.24) is 0 Å². The summed E-state index contributed by atoms with van der Waals surface area (Å²) in [6.07, 6.45) is 3.91. The van der Waals surface area contributed by atoms with E-state index < -0.39 is 0 Å². The molecule has 0 bridgehead atoms. The molecule has 3 rings (SSSR count). The molecule has 0 aliphatic heterocycles. The number of hydrogen-bond acceptors (Lipinski definition) is 1. The van der Waals surface area contributed by atoms with Crippen molar-refractivity contribution in [2.75, 3.05) is 27.4 Å². The molecular formula is C22H30ClNO. The third-order valence-corrected chi connectivity index (χ3v) is 4.21. The minimum Gasteiger partial charge on any atom is -1.00 e. The molecule has 3 heteroatoms. The van der Waals surface area contributed by atoms with Gasteiger partial charge in [0.05, 0.1) is 20.6 Å². The van der Waals surface area contributed by atoms with E-state index in [9.17, 15) is 0 Å². The number of quaternary nitrogens is 1. The van der Waals surface area contributed by atoms with Gasteiger partial charge >= 0.3 is 0 Å². The monoisotopic (exact) mass is 359 g/mol. The molecule has 0 heterocycles. The van der Waals surface area contributed by atoms with Gasteiger partial charge in [-0.15, -0.1) is 6.58 Å². The Balaban J connectivity index is 0.000000730. The van der Waals surface area contributed by atoms with Crippen molar-refractivity contribution >= 4 is 0 Å². The van der Waals surface area contributed by atoms with Crippen LogP contribution in [0.3, 0.4) is 0 Å². The Morgan fingerprint density at radius 3 is 2.40 bits per heavy atom. The highest BCUT2D eigenvalue weighted by Gasteiger charge is 2.22. The summed E-state index contributed by atoms with van der Waals surface area (Å²) in [7, 11) is 4.45. The topological polar surface area (TPSA) is 9.23 Å². The van der Waals surface area contributed by atoms with E-state index in [1.54, 1.807) is 6.08 Å². The number of allylic oxidation sites excluding steroid dienone is 1. The highest BCUT2D eigenvalue weighted by molar-refractivity contribution is 5.78. The first-order valence-corrected chi connectivity index (χ1v) is 8.74. The molecule has 0 radical (unpaired) electrons. The van der Waals surface area contributed by atoms with E-state index in [2.05, 4.69) is 70.1 Å². The molecule has 0 N–H and O–H groups in total. The number of fused-ring (bicyclic) bond motifs is 3. The first kappa shape index (κ1) is 21.3. The van der Waals surface area contributed by atoms with Gasteiger partial charge in [0.2, 0.25) is 6.73 Å². The van der Waals surface area contributed by atoms with Crippen LogP contribution in [-0.2, 0) is 6.42 Å². The maximum Gasteiger partial charge on any atom is 0.223 e. The van der Waals surface area contributed by atoms with Crippen LogP contribution < -0.4 is 17.1 Å². The molecule has 0 saturated carbocycles. The van der Waals surface area contributed by atoms with Crippen molar-refractivity contribution in [1.29, 1.82) is 0 Å². The Kier molecular flexibility index (Phi) is 8.21.